The topological polar surface area (TPSA) is 50.1 Å². The number of hydrogen-bond donors (Lipinski definition) is 2. The van der Waals surface area contributed by atoms with Crippen LogP contribution in [0.4, 0.5) is 0 Å². The van der Waals surface area contributed by atoms with E-state index in [0.29, 0.717) is 18.5 Å². The summed E-state index contributed by atoms with van der Waals surface area (Å²) in [6, 6.07) is 2.70. The third kappa shape index (κ3) is 4.06. The predicted octanol–water partition coefficient (Wildman–Crippen LogP) is 2.88. The van der Waals surface area contributed by atoms with E-state index in [4.69, 9.17) is 0 Å². The predicted molar refractivity (Wildman–Crippen MR) is 81.5 cm³/mol. The average molecular weight is 279 g/mol. The molecule has 1 fully saturated rings. The summed E-state index contributed by atoms with van der Waals surface area (Å²) in [7, 11) is 0. The number of aliphatic hydroxyl groups is 1. The fraction of sp³-hybridized carbons (Fsp3) is 0.812. The summed E-state index contributed by atoms with van der Waals surface area (Å²) in [6.45, 7) is 5.68. The van der Waals surface area contributed by atoms with Crippen LogP contribution in [-0.2, 0) is 6.54 Å². The van der Waals surface area contributed by atoms with Gasteiger partial charge in [-0.3, -0.25) is 4.68 Å². The molecule has 20 heavy (non-hydrogen) atoms. The van der Waals surface area contributed by atoms with Crippen LogP contribution in [0.5, 0.6) is 0 Å². The molecule has 1 aliphatic rings. The maximum Gasteiger partial charge on any atom is 0.0762 e. The molecule has 1 aromatic rings. The van der Waals surface area contributed by atoms with Gasteiger partial charge >= 0.3 is 0 Å². The molecule has 0 radical (unpaired) electrons. The second kappa shape index (κ2) is 7.79. The van der Waals surface area contributed by atoms with E-state index in [2.05, 4.69) is 41.2 Å². The van der Waals surface area contributed by atoms with E-state index in [1.165, 1.54) is 25.7 Å². The molecule has 4 heteroatoms. The van der Waals surface area contributed by atoms with Crippen molar-refractivity contribution < 1.29 is 5.11 Å². The minimum absolute atomic E-state index is 0.248. The molecule has 1 saturated carbocycles. The molecule has 0 bridgehead atoms. The smallest absolute Gasteiger partial charge is 0.0762 e. The Kier molecular flexibility index (Phi) is 6.05. The lowest BCUT2D eigenvalue weighted by Crippen LogP contribution is -2.32. The Hall–Kier alpha value is -0.870. The third-order valence-electron chi connectivity index (χ3n) is 4.61. The highest BCUT2D eigenvalue weighted by molar-refractivity contribution is 5.00. The van der Waals surface area contributed by atoms with E-state index in [9.17, 15) is 5.11 Å². The Morgan fingerprint density at radius 3 is 2.70 bits per heavy atom. The summed E-state index contributed by atoms with van der Waals surface area (Å²) in [6.07, 6.45) is 9.13. The molecule has 1 aromatic heterocycles. The molecule has 1 atom stereocenters. The van der Waals surface area contributed by atoms with Gasteiger partial charge in [0.25, 0.3) is 0 Å². The first-order valence-corrected chi connectivity index (χ1v) is 8.17. The maximum atomic E-state index is 10.1. The minimum Gasteiger partial charge on any atom is -0.392 e. The van der Waals surface area contributed by atoms with Gasteiger partial charge in [0.2, 0.25) is 0 Å². The molecule has 2 rings (SSSR count). The SMILES string of the molecule is CCC(CC)C(O)CNCc1ccn(C2CCCC2)n1. The number of rotatable bonds is 8. The maximum absolute atomic E-state index is 10.1. The molecule has 0 saturated heterocycles. The van der Waals surface area contributed by atoms with Crippen molar-refractivity contribution in [3.05, 3.63) is 18.0 Å². The van der Waals surface area contributed by atoms with Crippen LogP contribution < -0.4 is 5.32 Å². The molecule has 0 aromatic carbocycles. The number of aliphatic hydroxyl groups excluding tert-OH is 1. The molecule has 2 N–H and O–H groups in total. The first-order chi connectivity index (χ1) is 9.74. The Morgan fingerprint density at radius 1 is 1.35 bits per heavy atom. The monoisotopic (exact) mass is 279 g/mol. The summed E-state index contributed by atoms with van der Waals surface area (Å²) in [5.74, 6) is 0.401. The van der Waals surface area contributed by atoms with Gasteiger partial charge in [-0.05, 0) is 24.8 Å². The standard InChI is InChI=1S/C16H29N3O/c1-3-13(4-2)16(20)12-17-11-14-9-10-19(18-14)15-7-5-6-8-15/h9-10,13,15-17,20H,3-8,11-12H2,1-2H3. The third-order valence-corrected chi connectivity index (χ3v) is 4.61. The van der Waals surface area contributed by atoms with Crippen LogP contribution in [0.1, 0.15) is 64.1 Å². The van der Waals surface area contributed by atoms with E-state index in [1.807, 2.05) is 0 Å². The van der Waals surface area contributed by atoms with Crippen LogP contribution in [0, 0.1) is 5.92 Å². The lowest BCUT2D eigenvalue weighted by atomic mass is 9.96. The van der Waals surface area contributed by atoms with Gasteiger partial charge in [0.05, 0.1) is 17.8 Å². The van der Waals surface area contributed by atoms with Gasteiger partial charge in [0, 0.05) is 19.3 Å². The Bertz CT molecular complexity index is 381. The molecule has 114 valence electrons. The summed E-state index contributed by atoms with van der Waals surface area (Å²) >= 11 is 0. The second-order valence-corrected chi connectivity index (χ2v) is 6.00. The van der Waals surface area contributed by atoms with E-state index >= 15 is 0 Å². The van der Waals surface area contributed by atoms with Crippen LogP contribution in [0.2, 0.25) is 0 Å². The van der Waals surface area contributed by atoms with E-state index in [0.717, 1.165) is 25.1 Å². The van der Waals surface area contributed by atoms with Crippen molar-refractivity contribution in [3.63, 3.8) is 0 Å². The van der Waals surface area contributed by atoms with Crippen LogP contribution >= 0.6 is 0 Å². The van der Waals surface area contributed by atoms with Crippen molar-refractivity contribution in [2.45, 2.75) is 71.1 Å². The fourth-order valence-corrected chi connectivity index (χ4v) is 3.19. The molecule has 0 amide bonds. The van der Waals surface area contributed by atoms with Crippen molar-refractivity contribution in [1.29, 1.82) is 0 Å². The quantitative estimate of drug-likeness (QED) is 0.769. The van der Waals surface area contributed by atoms with Crippen molar-refractivity contribution in [1.82, 2.24) is 15.1 Å². The molecule has 0 aliphatic heterocycles. The number of hydrogen-bond acceptors (Lipinski definition) is 3. The zero-order valence-corrected chi connectivity index (χ0v) is 12.9. The van der Waals surface area contributed by atoms with Gasteiger partial charge in [-0.25, -0.2) is 0 Å². The zero-order valence-electron chi connectivity index (χ0n) is 12.9. The number of nitrogens with zero attached hydrogens (tertiary/aromatic N) is 2. The summed E-state index contributed by atoms with van der Waals surface area (Å²) in [5.41, 5.74) is 1.08. The molecule has 0 spiro atoms. The van der Waals surface area contributed by atoms with Crippen LogP contribution in [0.25, 0.3) is 0 Å². The first kappa shape index (κ1) is 15.5. The summed E-state index contributed by atoms with van der Waals surface area (Å²) in [5, 5.41) is 18.1. The average Bonchev–Trinajstić information content (AvgIpc) is 3.10. The van der Waals surface area contributed by atoms with Gasteiger partial charge < -0.3 is 10.4 Å². The molecule has 1 aliphatic carbocycles. The second-order valence-electron chi connectivity index (χ2n) is 6.00. The molecule has 1 unspecified atom stereocenters. The van der Waals surface area contributed by atoms with Gasteiger partial charge in [0.1, 0.15) is 0 Å². The van der Waals surface area contributed by atoms with Crippen molar-refractivity contribution in [2.75, 3.05) is 6.54 Å². The Labute approximate surface area is 122 Å². The van der Waals surface area contributed by atoms with Crippen LogP contribution in [0.3, 0.4) is 0 Å². The Morgan fingerprint density at radius 2 is 2.05 bits per heavy atom. The van der Waals surface area contributed by atoms with Crippen LogP contribution in [-0.4, -0.2) is 27.5 Å². The van der Waals surface area contributed by atoms with Crippen molar-refractivity contribution in [3.8, 4) is 0 Å². The Balaban J connectivity index is 1.74. The number of nitrogens with one attached hydrogen (secondary N) is 1. The van der Waals surface area contributed by atoms with E-state index < -0.39 is 0 Å². The van der Waals surface area contributed by atoms with Gasteiger partial charge in [0.15, 0.2) is 0 Å². The largest absolute Gasteiger partial charge is 0.392 e. The van der Waals surface area contributed by atoms with Crippen LogP contribution in [0.15, 0.2) is 12.3 Å². The number of aromatic nitrogens is 2. The molecule has 4 nitrogen and oxygen atoms in total. The fourth-order valence-electron chi connectivity index (χ4n) is 3.19. The normalized spacial score (nSPS) is 18.0. The van der Waals surface area contributed by atoms with Gasteiger partial charge in [-0.1, -0.05) is 39.5 Å². The molecular weight excluding hydrogens is 250 g/mol. The van der Waals surface area contributed by atoms with Gasteiger partial charge in [-0.15, -0.1) is 0 Å². The summed E-state index contributed by atoms with van der Waals surface area (Å²) < 4.78 is 2.13. The molecule has 1 heterocycles. The first-order valence-electron chi connectivity index (χ1n) is 8.17. The van der Waals surface area contributed by atoms with E-state index in [1.54, 1.807) is 0 Å². The van der Waals surface area contributed by atoms with E-state index in [-0.39, 0.29) is 6.10 Å². The van der Waals surface area contributed by atoms with Crippen molar-refractivity contribution in [2.24, 2.45) is 5.92 Å². The zero-order chi connectivity index (χ0) is 14.4. The lowest BCUT2D eigenvalue weighted by molar-refractivity contribution is 0.101. The minimum atomic E-state index is -0.248. The summed E-state index contributed by atoms with van der Waals surface area (Å²) in [4.78, 5) is 0. The highest BCUT2D eigenvalue weighted by atomic mass is 16.3. The highest BCUT2D eigenvalue weighted by Gasteiger charge is 2.18. The highest BCUT2D eigenvalue weighted by Crippen LogP contribution is 2.28. The molecular formula is C16H29N3O. The van der Waals surface area contributed by atoms with Crippen molar-refractivity contribution >= 4 is 0 Å². The lowest BCUT2D eigenvalue weighted by Gasteiger charge is -2.20. The van der Waals surface area contributed by atoms with Gasteiger partial charge in [-0.2, -0.15) is 5.10 Å².